The maximum atomic E-state index is 12.8. The summed E-state index contributed by atoms with van der Waals surface area (Å²) in [6, 6.07) is 0.00824. The van der Waals surface area contributed by atoms with Crippen LogP contribution in [0.5, 0.6) is 0 Å². The van der Waals surface area contributed by atoms with Gasteiger partial charge in [-0.15, -0.1) is 0 Å². The summed E-state index contributed by atoms with van der Waals surface area (Å²) in [6.45, 7) is 4.98. The van der Waals surface area contributed by atoms with Crippen LogP contribution in [0.2, 0.25) is 0 Å². The molecular weight excluding hydrogens is 174 g/mol. The Morgan fingerprint density at radius 1 is 1.46 bits per heavy atom. The van der Waals surface area contributed by atoms with Crippen LogP contribution in [0.15, 0.2) is 0 Å². The Bertz CT molecular complexity index is 171. The van der Waals surface area contributed by atoms with Crippen molar-refractivity contribution in [1.29, 1.82) is 0 Å². The summed E-state index contributed by atoms with van der Waals surface area (Å²) in [5.41, 5.74) is 5.80. The van der Waals surface area contributed by atoms with Gasteiger partial charge in [-0.05, 0) is 5.92 Å². The van der Waals surface area contributed by atoms with E-state index in [0.29, 0.717) is 19.0 Å². The molecule has 13 heavy (non-hydrogen) atoms. The fraction of sp³-hybridized carbons (Fsp3) is 1.00. The van der Waals surface area contributed by atoms with E-state index in [1.165, 1.54) is 0 Å². The van der Waals surface area contributed by atoms with E-state index in [0.717, 1.165) is 0 Å². The molecule has 0 saturated carbocycles. The molecule has 2 N–H and O–H groups in total. The second-order valence-corrected chi connectivity index (χ2v) is 4.25. The van der Waals surface area contributed by atoms with Crippen molar-refractivity contribution in [1.82, 2.24) is 4.90 Å². The molecule has 4 heteroatoms. The normalized spacial score (nSPS) is 25.4. The zero-order valence-electron chi connectivity index (χ0n) is 8.26. The lowest BCUT2D eigenvalue weighted by Crippen LogP contribution is -2.40. The Hall–Kier alpha value is -0.220. The summed E-state index contributed by atoms with van der Waals surface area (Å²) < 4.78 is 25.5. The average Bonchev–Trinajstić information content (AvgIpc) is 2.30. The number of hydrogen-bond acceptors (Lipinski definition) is 2. The fourth-order valence-electron chi connectivity index (χ4n) is 1.47. The van der Waals surface area contributed by atoms with Gasteiger partial charge in [-0.25, -0.2) is 8.78 Å². The maximum Gasteiger partial charge on any atom is 0.261 e. The van der Waals surface area contributed by atoms with E-state index in [1.54, 1.807) is 4.90 Å². The molecule has 0 unspecified atom stereocenters. The van der Waals surface area contributed by atoms with Gasteiger partial charge in [0.05, 0.1) is 6.54 Å². The Labute approximate surface area is 78.1 Å². The van der Waals surface area contributed by atoms with E-state index in [-0.39, 0.29) is 19.0 Å². The number of halogens is 2. The highest BCUT2D eigenvalue weighted by atomic mass is 19.3. The summed E-state index contributed by atoms with van der Waals surface area (Å²) in [5, 5.41) is 0. The van der Waals surface area contributed by atoms with Crippen molar-refractivity contribution in [3.8, 4) is 0 Å². The van der Waals surface area contributed by atoms with Crippen molar-refractivity contribution >= 4 is 0 Å². The monoisotopic (exact) mass is 192 g/mol. The number of hydrogen-bond donors (Lipinski definition) is 1. The van der Waals surface area contributed by atoms with Crippen LogP contribution in [-0.4, -0.2) is 36.5 Å². The van der Waals surface area contributed by atoms with Crippen LogP contribution in [0.25, 0.3) is 0 Å². The average molecular weight is 192 g/mol. The minimum Gasteiger partial charge on any atom is -0.326 e. The first-order chi connectivity index (χ1) is 5.91. The molecule has 1 aliphatic rings. The van der Waals surface area contributed by atoms with Gasteiger partial charge < -0.3 is 5.73 Å². The van der Waals surface area contributed by atoms with Gasteiger partial charge >= 0.3 is 0 Å². The molecule has 1 fully saturated rings. The standard InChI is InChI=1S/C9H18F2N2/c1-7(2)8(12)5-13-4-3-9(10,11)6-13/h7-8H,3-6,12H2,1-2H3/t8-/m1/s1. The van der Waals surface area contributed by atoms with E-state index < -0.39 is 5.92 Å². The Morgan fingerprint density at radius 3 is 2.46 bits per heavy atom. The molecule has 1 saturated heterocycles. The highest BCUT2D eigenvalue weighted by Crippen LogP contribution is 2.26. The summed E-state index contributed by atoms with van der Waals surface area (Å²) in [5.74, 6) is -2.13. The molecule has 0 bridgehead atoms. The predicted molar refractivity (Wildman–Crippen MR) is 48.8 cm³/mol. The van der Waals surface area contributed by atoms with E-state index >= 15 is 0 Å². The van der Waals surface area contributed by atoms with Crippen molar-refractivity contribution in [2.75, 3.05) is 19.6 Å². The lowest BCUT2D eigenvalue weighted by Gasteiger charge is -2.22. The van der Waals surface area contributed by atoms with Crippen LogP contribution in [0, 0.1) is 5.92 Å². The van der Waals surface area contributed by atoms with Crippen molar-refractivity contribution in [2.24, 2.45) is 11.7 Å². The molecular formula is C9H18F2N2. The van der Waals surface area contributed by atoms with Crippen LogP contribution in [0.4, 0.5) is 8.78 Å². The molecule has 0 spiro atoms. The van der Waals surface area contributed by atoms with E-state index in [2.05, 4.69) is 0 Å². The van der Waals surface area contributed by atoms with Crippen molar-refractivity contribution in [2.45, 2.75) is 32.2 Å². The third-order valence-electron chi connectivity index (χ3n) is 2.57. The number of likely N-dealkylation sites (tertiary alicyclic amines) is 1. The molecule has 1 rings (SSSR count). The van der Waals surface area contributed by atoms with Crippen molar-refractivity contribution in [3.63, 3.8) is 0 Å². The van der Waals surface area contributed by atoms with Gasteiger partial charge in [-0.1, -0.05) is 13.8 Å². The van der Waals surface area contributed by atoms with Gasteiger partial charge in [0, 0.05) is 25.6 Å². The molecule has 0 aromatic rings. The zero-order chi connectivity index (χ0) is 10.1. The molecule has 1 aliphatic heterocycles. The molecule has 0 aliphatic carbocycles. The van der Waals surface area contributed by atoms with Gasteiger partial charge in [-0.3, -0.25) is 4.90 Å². The van der Waals surface area contributed by atoms with E-state index in [9.17, 15) is 8.78 Å². The van der Waals surface area contributed by atoms with Crippen LogP contribution < -0.4 is 5.73 Å². The van der Waals surface area contributed by atoms with Crippen LogP contribution in [0.1, 0.15) is 20.3 Å². The maximum absolute atomic E-state index is 12.8. The predicted octanol–water partition coefficient (Wildman–Crippen LogP) is 1.31. The largest absolute Gasteiger partial charge is 0.326 e. The quantitative estimate of drug-likeness (QED) is 0.730. The minimum atomic E-state index is -2.49. The topological polar surface area (TPSA) is 29.3 Å². The number of alkyl halides is 2. The van der Waals surface area contributed by atoms with Crippen LogP contribution in [0.3, 0.4) is 0 Å². The summed E-state index contributed by atoms with van der Waals surface area (Å²) in [4.78, 5) is 1.75. The Balaban J connectivity index is 2.32. The molecule has 1 heterocycles. The first-order valence-electron chi connectivity index (χ1n) is 4.76. The van der Waals surface area contributed by atoms with E-state index in [1.807, 2.05) is 13.8 Å². The van der Waals surface area contributed by atoms with Gasteiger partial charge in [0.1, 0.15) is 0 Å². The zero-order valence-corrected chi connectivity index (χ0v) is 8.26. The molecule has 1 atom stereocenters. The molecule has 0 aromatic carbocycles. The van der Waals surface area contributed by atoms with Crippen LogP contribution in [-0.2, 0) is 0 Å². The van der Waals surface area contributed by atoms with Crippen molar-refractivity contribution < 1.29 is 8.78 Å². The molecule has 0 aromatic heterocycles. The highest BCUT2D eigenvalue weighted by Gasteiger charge is 2.38. The Morgan fingerprint density at radius 2 is 2.08 bits per heavy atom. The Kier molecular flexibility index (Phi) is 3.24. The summed E-state index contributed by atoms with van der Waals surface area (Å²) >= 11 is 0. The number of nitrogens with two attached hydrogens (primary N) is 1. The highest BCUT2D eigenvalue weighted by molar-refractivity contribution is 4.84. The molecule has 0 radical (unpaired) electrons. The summed E-state index contributed by atoms with van der Waals surface area (Å²) in [6.07, 6.45) is -0.0161. The van der Waals surface area contributed by atoms with Crippen LogP contribution >= 0.6 is 0 Å². The van der Waals surface area contributed by atoms with Gasteiger partial charge in [0.25, 0.3) is 5.92 Å². The molecule has 78 valence electrons. The second-order valence-electron chi connectivity index (χ2n) is 4.25. The fourth-order valence-corrected chi connectivity index (χ4v) is 1.47. The van der Waals surface area contributed by atoms with Gasteiger partial charge in [0.2, 0.25) is 0 Å². The summed E-state index contributed by atoms with van der Waals surface area (Å²) in [7, 11) is 0. The van der Waals surface area contributed by atoms with Gasteiger partial charge in [0.15, 0.2) is 0 Å². The molecule has 2 nitrogen and oxygen atoms in total. The second kappa shape index (κ2) is 3.88. The lowest BCUT2D eigenvalue weighted by molar-refractivity contribution is 0.0114. The molecule has 0 amide bonds. The van der Waals surface area contributed by atoms with Gasteiger partial charge in [-0.2, -0.15) is 0 Å². The minimum absolute atomic E-state index is 0.00824. The lowest BCUT2D eigenvalue weighted by atomic mass is 10.1. The number of rotatable bonds is 3. The SMILES string of the molecule is CC(C)[C@H](N)CN1CCC(F)(F)C1. The first-order valence-corrected chi connectivity index (χ1v) is 4.76. The van der Waals surface area contributed by atoms with E-state index in [4.69, 9.17) is 5.73 Å². The first kappa shape index (κ1) is 10.9. The van der Waals surface area contributed by atoms with Crippen molar-refractivity contribution in [3.05, 3.63) is 0 Å². The third kappa shape index (κ3) is 3.19. The smallest absolute Gasteiger partial charge is 0.261 e. The third-order valence-corrected chi connectivity index (χ3v) is 2.57. The number of nitrogens with zero attached hydrogens (tertiary/aromatic N) is 1.